The number of nitrogens with zero attached hydrogens (tertiary/aromatic N) is 1. The zero-order chi connectivity index (χ0) is 104. The van der Waals surface area contributed by atoms with Crippen molar-refractivity contribution in [3.63, 3.8) is 0 Å². The topological polar surface area (TPSA) is 196 Å². The maximum atomic E-state index is 16.4. The lowest BCUT2D eigenvalue weighted by Gasteiger charge is -2.51. The summed E-state index contributed by atoms with van der Waals surface area (Å²) in [6.45, 7) is 68.6. The number of cyclic esters (lactones) is 1. The van der Waals surface area contributed by atoms with E-state index in [1.807, 2.05) is 91.1 Å². The number of rotatable bonds is 50. The van der Waals surface area contributed by atoms with E-state index in [1.165, 1.54) is 0 Å². The van der Waals surface area contributed by atoms with Gasteiger partial charge in [0.15, 0.2) is 81.1 Å². The van der Waals surface area contributed by atoms with Crippen molar-refractivity contribution in [2.24, 2.45) is 17.8 Å². The van der Waals surface area contributed by atoms with Crippen LogP contribution in [-0.4, -0.2) is 195 Å². The molecule has 1 aromatic rings. The molecule has 0 radical (unpaired) electrons. The molecule has 0 saturated carbocycles. The van der Waals surface area contributed by atoms with Gasteiger partial charge in [0.25, 0.3) is 0 Å². The molecule has 18 nitrogen and oxygen atoms in total. The van der Waals surface area contributed by atoms with E-state index in [9.17, 15) is 4.79 Å². The van der Waals surface area contributed by atoms with Crippen LogP contribution >= 0.6 is 11.8 Å². The van der Waals surface area contributed by atoms with Gasteiger partial charge in [0.1, 0.15) is 23.3 Å². The third-order valence-electron chi connectivity index (χ3n) is 33.7. The first-order valence-corrected chi connectivity index (χ1v) is 79.0. The molecule has 31 heteroatoms. The molecule has 1 amide bonds. The Morgan fingerprint density at radius 3 is 1.20 bits per heavy atom. The molecule has 3 aliphatic rings. The van der Waals surface area contributed by atoms with E-state index in [1.54, 1.807) is 13.1 Å². The SMILES string of the molecule is CC[Si](CC)(CC)O[C@@H]1CC[C@@H](O[Si](CC)(CC)CC)[C@H](O[Si](CC)(CC)CC)C[C@H](O[Si](CC)(CC)CC)CC2=C[C@H](O[Si](CC)(CC)CC)[C@@H](C(=O)Sc3ccccn3)[C@H](C[C@@H](O[C@@H]3O[C@H](C)[C@@H](O[Si](CC)(CC)CC)[C@H](NC(=O)C(F)(F)F)[C@@H]3O[Si](CC)(CC)CC)C=CC=CC=CC=CC=CC=CC=C[C@H](C)[C@@H](O[Si](CC)(CC)CC)[C@H](C)[C@H](C)OC(=O)C[C@H](O[Si](CC)(CC)CC)C1)O2. The number of pyridine rings is 1. The van der Waals surface area contributed by atoms with E-state index in [4.69, 9.17) is 63.8 Å². The quantitative estimate of drug-likeness (QED) is 0.0367. The van der Waals surface area contributed by atoms with Crippen LogP contribution in [0, 0.1) is 17.8 Å². The van der Waals surface area contributed by atoms with E-state index in [-0.39, 0.29) is 54.4 Å². The number of esters is 1. The van der Waals surface area contributed by atoms with Crippen molar-refractivity contribution in [1.82, 2.24) is 10.3 Å². The highest BCUT2D eigenvalue weighted by atomic mass is 32.2. The summed E-state index contributed by atoms with van der Waals surface area (Å²) in [6.07, 6.45) is 18.4. The molecule has 1 saturated heterocycles. The van der Waals surface area contributed by atoms with Gasteiger partial charge in [-0.05, 0) is 232 Å². The second kappa shape index (κ2) is 63.9. The van der Waals surface area contributed by atoms with Crippen molar-refractivity contribution in [3.05, 3.63) is 121 Å². The number of thioether (sulfide) groups is 1. The molecule has 18 atom stereocenters. The number of amides is 1. The number of nitrogens with one attached hydrogen (secondary N) is 1. The second-order valence-electron chi connectivity index (χ2n) is 40.1. The lowest BCUT2D eigenvalue weighted by Crippen LogP contribution is -2.69. The molecule has 139 heavy (non-hydrogen) atoms. The van der Waals surface area contributed by atoms with Crippen molar-refractivity contribution in [3.8, 4) is 0 Å². The molecule has 4 rings (SSSR count). The molecule has 1 aromatic heterocycles. The monoisotopic (exact) mass is 2120 g/mol. The average molecular weight is 2120 g/mol. The molecule has 0 spiro atoms. The highest BCUT2D eigenvalue weighted by molar-refractivity contribution is 8.13. The summed E-state index contributed by atoms with van der Waals surface area (Å²) in [4.78, 5) is 50.6. The first kappa shape index (κ1) is 128. The van der Waals surface area contributed by atoms with Crippen molar-refractivity contribution in [1.29, 1.82) is 0 Å². The number of carbonyl (C=O) groups excluding carboxylic acids is 3. The average Bonchev–Trinajstić information content (AvgIpc) is 0.751. The fourth-order valence-electron chi connectivity index (χ4n) is 21.3. The highest BCUT2D eigenvalue weighted by Gasteiger charge is 2.56. The van der Waals surface area contributed by atoms with Crippen molar-refractivity contribution >= 4 is 104 Å². The predicted octanol–water partition coefficient (Wildman–Crippen LogP) is 31.1. The summed E-state index contributed by atoms with van der Waals surface area (Å²) >= 11 is 1.06. The third-order valence-corrected chi connectivity index (χ3v) is 76.6. The molecule has 1 fully saturated rings. The van der Waals surface area contributed by atoms with Crippen LogP contribution in [0.2, 0.25) is 163 Å². The lowest BCUT2D eigenvalue weighted by molar-refractivity contribution is -0.276. The number of carbonyl (C=O) groups is 3. The standard InChI is InChI=1S/C108H199F3N2O16SSi9/c1-32-131(33-2,34-3)121-90-76-77-94(124-134(41-10,42-11)43-12)95(125-135(44-13,45-14)46-15)83-92(122-132(35-4,36-5)37-6)80-91-82-97(126-136(47-16,48-17)49-18)100(105(115)130-98-75-71-72-78-112-98)96(119-91)81-89(120-106-104(129-139(56-25,57-26)58-27)101(113-107(116)108(109,110)111)103(88(31)118-106)128-138(53-22,54-23)55-24)74-70-68-66-64-62-60-59-61-63-65-67-69-73-85(28)102(127-137(50-19,51-20)52-21)86(29)87(30)117-99(114)84-93(79-90)123-133(38-7,39-8)40-9/h59-75,78,82,85-90,92-97,100-104,106H,32-58,76-77,79-81,83-84H2,1-31H3,(H,113,116)/t85-,86+,87-,88+,89-,90+,92+,93+,94+,95+,96-,97-,100-,101-,102+,103+,104-,106-/m0/s1. The first-order chi connectivity index (χ1) is 66.2. The maximum absolute atomic E-state index is 16.4. The van der Waals surface area contributed by atoms with Crippen LogP contribution in [0.15, 0.2) is 126 Å². The van der Waals surface area contributed by atoms with Crippen molar-refractivity contribution < 1.29 is 86.3 Å². The third kappa shape index (κ3) is 38.0. The Hall–Kier alpha value is -2.87. The molecule has 3 aliphatic heterocycles. The zero-order valence-corrected chi connectivity index (χ0v) is 103. The number of aromatic nitrogens is 1. The Labute approximate surface area is 858 Å². The Bertz CT molecular complexity index is 3790. The molecule has 4 heterocycles. The molecular formula is C108H199F3N2O16SSi9. The maximum Gasteiger partial charge on any atom is 0.471 e. The minimum atomic E-state index is -5.26. The number of ether oxygens (including phenoxy) is 4. The summed E-state index contributed by atoms with van der Waals surface area (Å²) in [5.74, 6) is -2.92. The molecule has 0 unspecified atom stereocenters. The van der Waals surface area contributed by atoms with Crippen LogP contribution in [0.1, 0.15) is 260 Å². The number of hydrogen-bond donors (Lipinski definition) is 1. The normalized spacial score (nSPS) is 26.1. The Balaban J connectivity index is 2.41. The Morgan fingerprint density at radius 1 is 0.410 bits per heavy atom. The lowest BCUT2D eigenvalue weighted by atomic mass is 9.89. The number of alkyl halides is 3. The number of halogens is 3. The highest BCUT2D eigenvalue weighted by Crippen LogP contribution is 2.46. The van der Waals surface area contributed by atoms with Crippen LogP contribution in [0.5, 0.6) is 0 Å². The number of fused-ring (bicyclic) bond motifs is 2. The molecule has 1 N–H and O–H groups in total. The Morgan fingerprint density at radius 2 is 0.784 bits per heavy atom. The van der Waals surface area contributed by atoms with Gasteiger partial charge < -0.3 is 64.1 Å². The van der Waals surface area contributed by atoms with Gasteiger partial charge >= 0.3 is 18.1 Å². The van der Waals surface area contributed by atoms with Crippen molar-refractivity contribution in [2.75, 3.05) is 0 Å². The smallest absolute Gasteiger partial charge is 0.471 e. The van der Waals surface area contributed by atoms with Gasteiger partial charge in [-0.1, -0.05) is 292 Å². The fraction of sp³-hybridized carbons (Fsp3) is 0.778. The summed E-state index contributed by atoms with van der Waals surface area (Å²) in [7, 11) is -23.1. The van der Waals surface area contributed by atoms with Gasteiger partial charge in [0.05, 0.1) is 79.1 Å². The van der Waals surface area contributed by atoms with E-state index < -0.39 is 172 Å². The van der Waals surface area contributed by atoms with Gasteiger partial charge in [-0.2, -0.15) is 13.2 Å². The molecule has 800 valence electrons. The van der Waals surface area contributed by atoms with Crippen LogP contribution in [0.25, 0.3) is 0 Å². The van der Waals surface area contributed by atoms with Gasteiger partial charge in [0.2, 0.25) is 5.12 Å². The molecule has 0 aromatic carbocycles. The largest absolute Gasteiger partial charge is 0.494 e. The van der Waals surface area contributed by atoms with Crippen molar-refractivity contribution in [2.45, 2.75) is 526 Å². The fourth-order valence-corrected chi connectivity index (χ4v) is 48.3. The molecule has 0 aliphatic carbocycles. The van der Waals surface area contributed by atoms with Gasteiger partial charge in [-0.15, -0.1) is 0 Å². The Kier molecular flexibility index (Phi) is 59.0. The predicted molar refractivity (Wildman–Crippen MR) is 598 cm³/mol. The van der Waals surface area contributed by atoms with E-state index >= 15 is 22.8 Å². The van der Waals surface area contributed by atoms with Gasteiger partial charge in [-0.3, -0.25) is 14.4 Å². The molecule has 2 bridgehead atoms. The number of hydrogen-bond acceptors (Lipinski definition) is 18. The van der Waals surface area contributed by atoms with Crippen LogP contribution < -0.4 is 5.32 Å². The summed E-state index contributed by atoms with van der Waals surface area (Å²) in [5.41, 5.74) is 0. The second-order valence-corrected chi connectivity index (χ2v) is 83.7. The number of allylic oxidation sites excluding steroid dienone is 12. The van der Waals surface area contributed by atoms with Crippen LogP contribution in [0.4, 0.5) is 13.2 Å². The van der Waals surface area contributed by atoms with Crippen LogP contribution in [-0.2, 0) is 73.2 Å². The summed E-state index contributed by atoms with van der Waals surface area (Å²) < 4.78 is 146. The van der Waals surface area contributed by atoms with Crippen LogP contribution in [0.3, 0.4) is 0 Å². The summed E-state index contributed by atoms with van der Waals surface area (Å²) in [6, 6.07) is 26.8. The van der Waals surface area contributed by atoms with Gasteiger partial charge in [0, 0.05) is 37.5 Å². The van der Waals surface area contributed by atoms with E-state index in [0.717, 1.165) is 139 Å². The summed E-state index contributed by atoms with van der Waals surface area (Å²) in [5, 5.41) is 2.80. The van der Waals surface area contributed by atoms with E-state index in [2.05, 4.69) is 231 Å². The zero-order valence-electron chi connectivity index (χ0n) is 92.9. The minimum Gasteiger partial charge on any atom is -0.494 e. The van der Waals surface area contributed by atoms with E-state index in [0.29, 0.717) is 72.7 Å². The van der Waals surface area contributed by atoms with Gasteiger partial charge in [-0.25, -0.2) is 4.98 Å². The molecular weight excluding hydrogens is 1920 g/mol. The minimum absolute atomic E-state index is 0.00306. The first-order valence-electron chi connectivity index (χ1n) is 55.4.